The van der Waals surface area contributed by atoms with Crippen LogP contribution >= 0.6 is 11.3 Å². The van der Waals surface area contributed by atoms with Crippen LogP contribution in [-0.4, -0.2) is 36.5 Å². The third kappa shape index (κ3) is 3.61. The molecular formula is C16H13NO7S. The minimum Gasteiger partial charge on any atom is -0.486 e. The Morgan fingerprint density at radius 3 is 2.52 bits per heavy atom. The largest absolute Gasteiger partial charge is 0.486 e. The molecule has 0 saturated heterocycles. The van der Waals surface area contributed by atoms with Gasteiger partial charge in [0.05, 0.1) is 15.9 Å². The van der Waals surface area contributed by atoms with Gasteiger partial charge in [-0.25, -0.2) is 4.79 Å². The van der Waals surface area contributed by atoms with Crippen molar-refractivity contribution in [2.24, 2.45) is 0 Å². The van der Waals surface area contributed by atoms with E-state index in [1.165, 1.54) is 17.4 Å². The first-order valence-electron chi connectivity index (χ1n) is 7.30. The zero-order valence-electron chi connectivity index (χ0n) is 13.1. The molecular weight excluding hydrogens is 350 g/mol. The first kappa shape index (κ1) is 16.9. The molecule has 8 nitrogen and oxygen atoms in total. The Morgan fingerprint density at radius 1 is 1.24 bits per heavy atom. The Kier molecular flexibility index (Phi) is 4.66. The van der Waals surface area contributed by atoms with Gasteiger partial charge in [-0.15, -0.1) is 11.3 Å². The average molecular weight is 363 g/mol. The van der Waals surface area contributed by atoms with Crippen LogP contribution < -0.4 is 9.47 Å². The molecule has 3 rings (SSSR count). The predicted molar refractivity (Wildman–Crippen MR) is 87.8 cm³/mol. The van der Waals surface area contributed by atoms with Gasteiger partial charge >= 0.3 is 5.97 Å². The Hall–Kier alpha value is -2.94. The van der Waals surface area contributed by atoms with Crippen LogP contribution in [0.2, 0.25) is 0 Å². The number of rotatable bonds is 5. The van der Waals surface area contributed by atoms with Gasteiger partial charge in [0.2, 0.25) is 5.78 Å². The molecule has 130 valence electrons. The van der Waals surface area contributed by atoms with Crippen LogP contribution in [0.15, 0.2) is 24.3 Å². The monoisotopic (exact) mass is 363 g/mol. The molecule has 1 aliphatic heterocycles. The third-order valence-electron chi connectivity index (χ3n) is 3.43. The van der Waals surface area contributed by atoms with Crippen molar-refractivity contribution in [3.05, 3.63) is 49.7 Å². The highest BCUT2D eigenvalue weighted by atomic mass is 32.1. The Bertz CT molecular complexity index is 858. The number of nitrogens with zero attached hydrogens (tertiary/aromatic N) is 1. The van der Waals surface area contributed by atoms with Crippen LogP contribution in [-0.2, 0) is 4.74 Å². The van der Waals surface area contributed by atoms with E-state index in [1.807, 2.05) is 6.92 Å². The molecule has 0 unspecified atom stereocenters. The zero-order valence-corrected chi connectivity index (χ0v) is 14.0. The van der Waals surface area contributed by atoms with Crippen LogP contribution in [0, 0.1) is 17.0 Å². The van der Waals surface area contributed by atoms with E-state index in [9.17, 15) is 19.7 Å². The number of aryl methyl sites for hydroxylation is 1. The Morgan fingerprint density at radius 2 is 1.92 bits per heavy atom. The molecule has 25 heavy (non-hydrogen) atoms. The molecule has 0 N–H and O–H groups in total. The van der Waals surface area contributed by atoms with Crippen molar-refractivity contribution in [2.75, 3.05) is 19.8 Å². The van der Waals surface area contributed by atoms with E-state index >= 15 is 0 Å². The summed E-state index contributed by atoms with van der Waals surface area (Å²) < 4.78 is 15.6. The molecule has 1 aromatic heterocycles. The first-order chi connectivity index (χ1) is 12.0. The number of esters is 1. The van der Waals surface area contributed by atoms with Gasteiger partial charge in [-0.2, -0.15) is 0 Å². The molecule has 0 amide bonds. The number of nitro groups is 1. The summed E-state index contributed by atoms with van der Waals surface area (Å²) in [5.74, 6) is -0.916. The summed E-state index contributed by atoms with van der Waals surface area (Å²) in [5, 5.41) is 11.2. The van der Waals surface area contributed by atoms with Gasteiger partial charge in [-0.3, -0.25) is 14.9 Å². The van der Waals surface area contributed by atoms with Gasteiger partial charge in [0.25, 0.3) is 5.69 Å². The average Bonchev–Trinajstić information content (AvgIpc) is 3.04. The van der Waals surface area contributed by atoms with Gasteiger partial charge in [0.15, 0.2) is 18.1 Å². The molecule has 2 heterocycles. The second-order valence-electron chi connectivity index (χ2n) is 5.18. The summed E-state index contributed by atoms with van der Waals surface area (Å²) in [6, 6.07) is 5.75. The van der Waals surface area contributed by atoms with Gasteiger partial charge in [-0.05, 0) is 19.1 Å². The number of Topliss-reactive ketones (excluding diaryl/α,β-unsaturated/α-hetero) is 1. The summed E-state index contributed by atoms with van der Waals surface area (Å²) >= 11 is 1.28. The lowest BCUT2D eigenvalue weighted by Gasteiger charge is -2.18. The maximum absolute atomic E-state index is 12.2. The summed E-state index contributed by atoms with van der Waals surface area (Å²) in [4.78, 5) is 36.1. The minimum absolute atomic E-state index is 0.194. The molecule has 1 aromatic carbocycles. The SMILES string of the molecule is Cc1ccc(C(=O)COC(=O)c2cc3c(cc2[N+](=O)[O-])OCCO3)s1. The van der Waals surface area contributed by atoms with Crippen LogP contribution in [0.5, 0.6) is 11.5 Å². The van der Waals surface area contributed by atoms with E-state index in [1.54, 1.807) is 12.1 Å². The molecule has 1 aliphatic rings. The minimum atomic E-state index is -0.967. The highest BCUT2D eigenvalue weighted by Crippen LogP contribution is 2.36. The maximum atomic E-state index is 12.2. The standard InChI is InChI=1S/C16H13NO7S/c1-9-2-3-15(25-9)12(18)8-24-16(19)10-6-13-14(23-5-4-22-13)7-11(10)17(20)21/h2-3,6-7H,4-5,8H2,1H3. The first-order valence-corrected chi connectivity index (χ1v) is 8.12. The molecule has 0 aliphatic carbocycles. The van der Waals surface area contributed by atoms with E-state index < -0.39 is 23.2 Å². The van der Waals surface area contributed by atoms with Gasteiger partial charge in [0.1, 0.15) is 18.8 Å². The number of hydrogen-bond donors (Lipinski definition) is 0. The second-order valence-corrected chi connectivity index (χ2v) is 6.47. The Balaban J connectivity index is 1.79. The highest BCUT2D eigenvalue weighted by Gasteiger charge is 2.28. The lowest BCUT2D eigenvalue weighted by molar-refractivity contribution is -0.385. The summed E-state index contributed by atoms with van der Waals surface area (Å²) in [6.45, 7) is 1.90. The Labute approximate surface area is 146 Å². The van der Waals surface area contributed by atoms with Crippen molar-refractivity contribution in [2.45, 2.75) is 6.92 Å². The van der Waals surface area contributed by atoms with Crippen molar-refractivity contribution in [1.29, 1.82) is 0 Å². The summed E-state index contributed by atoms with van der Waals surface area (Å²) in [6.07, 6.45) is 0. The molecule has 0 saturated carbocycles. The van der Waals surface area contributed by atoms with E-state index in [-0.39, 0.29) is 36.1 Å². The van der Waals surface area contributed by atoms with Crippen molar-refractivity contribution in [1.82, 2.24) is 0 Å². The number of benzene rings is 1. The zero-order chi connectivity index (χ0) is 18.0. The number of ketones is 1. The van der Waals surface area contributed by atoms with Crippen LogP contribution in [0.4, 0.5) is 5.69 Å². The third-order valence-corrected chi connectivity index (χ3v) is 4.47. The molecule has 0 atom stereocenters. The number of nitro benzene ring substituents is 1. The lowest BCUT2D eigenvalue weighted by Crippen LogP contribution is -2.18. The van der Waals surface area contributed by atoms with E-state index in [2.05, 4.69) is 0 Å². The number of fused-ring (bicyclic) bond motifs is 1. The number of hydrogen-bond acceptors (Lipinski definition) is 8. The van der Waals surface area contributed by atoms with E-state index in [4.69, 9.17) is 14.2 Å². The van der Waals surface area contributed by atoms with Gasteiger partial charge in [-0.1, -0.05) is 0 Å². The number of carbonyl (C=O) groups is 2. The maximum Gasteiger partial charge on any atom is 0.345 e. The lowest BCUT2D eigenvalue weighted by atomic mass is 10.1. The van der Waals surface area contributed by atoms with Crippen molar-refractivity contribution >= 4 is 28.8 Å². The molecule has 2 aromatic rings. The normalized spacial score (nSPS) is 12.5. The number of carbonyl (C=O) groups excluding carboxylic acids is 2. The van der Waals surface area contributed by atoms with Crippen LogP contribution in [0.25, 0.3) is 0 Å². The fourth-order valence-electron chi connectivity index (χ4n) is 2.26. The predicted octanol–water partition coefficient (Wildman–Crippen LogP) is 2.78. The molecule has 0 fully saturated rings. The van der Waals surface area contributed by atoms with Gasteiger partial charge in [0, 0.05) is 10.9 Å². The quantitative estimate of drug-likeness (QED) is 0.348. The topological polar surface area (TPSA) is 105 Å². The molecule has 0 bridgehead atoms. The fourth-order valence-corrected chi connectivity index (χ4v) is 3.05. The van der Waals surface area contributed by atoms with E-state index in [0.717, 1.165) is 10.9 Å². The van der Waals surface area contributed by atoms with Gasteiger partial charge < -0.3 is 14.2 Å². The number of thiophene rings is 1. The molecule has 0 spiro atoms. The fraction of sp³-hybridized carbons (Fsp3) is 0.250. The summed E-state index contributed by atoms with van der Waals surface area (Å²) in [7, 11) is 0. The van der Waals surface area contributed by atoms with Crippen molar-refractivity contribution < 1.29 is 28.7 Å². The highest BCUT2D eigenvalue weighted by molar-refractivity contribution is 7.14. The van der Waals surface area contributed by atoms with E-state index in [0.29, 0.717) is 4.88 Å². The van der Waals surface area contributed by atoms with Crippen LogP contribution in [0.3, 0.4) is 0 Å². The second kappa shape index (κ2) is 6.89. The van der Waals surface area contributed by atoms with Crippen molar-refractivity contribution in [3.63, 3.8) is 0 Å². The molecule has 0 radical (unpaired) electrons. The smallest absolute Gasteiger partial charge is 0.345 e. The van der Waals surface area contributed by atoms with Crippen LogP contribution in [0.1, 0.15) is 24.9 Å². The van der Waals surface area contributed by atoms with Crippen molar-refractivity contribution in [3.8, 4) is 11.5 Å². The molecule has 9 heteroatoms. The summed E-state index contributed by atoms with van der Waals surface area (Å²) in [5.41, 5.74) is -0.752. The number of ether oxygens (including phenoxy) is 3.